The van der Waals surface area contributed by atoms with Gasteiger partial charge >= 0.3 is 0 Å². The van der Waals surface area contributed by atoms with Gasteiger partial charge in [0.05, 0.1) is 31.2 Å². The second kappa shape index (κ2) is 11.4. The van der Waals surface area contributed by atoms with E-state index in [0.29, 0.717) is 40.3 Å². The number of carbonyl (C=O) groups excluding carboxylic acids is 2. The molecule has 0 radical (unpaired) electrons. The summed E-state index contributed by atoms with van der Waals surface area (Å²) in [5.74, 6) is 1.63. The minimum Gasteiger partial charge on any atom is -0.497 e. The molecule has 3 aromatic rings. The fourth-order valence-electron chi connectivity index (χ4n) is 3.08. The molecule has 3 rings (SSSR count). The summed E-state index contributed by atoms with van der Waals surface area (Å²) in [6.07, 6.45) is 0. The maximum atomic E-state index is 12.5. The van der Waals surface area contributed by atoms with Gasteiger partial charge in [0, 0.05) is 12.6 Å². The van der Waals surface area contributed by atoms with Crippen LogP contribution >= 0.6 is 11.8 Å². The first-order valence-electron chi connectivity index (χ1n) is 10.4. The molecule has 0 aliphatic carbocycles. The number of ether oxygens (including phenoxy) is 2. The van der Waals surface area contributed by atoms with Gasteiger partial charge < -0.3 is 24.7 Å². The Morgan fingerprint density at radius 3 is 2.55 bits per heavy atom. The van der Waals surface area contributed by atoms with E-state index >= 15 is 0 Å². The lowest BCUT2D eigenvalue weighted by Crippen LogP contribution is -2.28. The Labute approximate surface area is 196 Å². The summed E-state index contributed by atoms with van der Waals surface area (Å²) in [4.78, 5) is 25.0. The van der Waals surface area contributed by atoms with Crippen LogP contribution < -0.4 is 20.1 Å². The highest BCUT2D eigenvalue weighted by atomic mass is 32.2. The summed E-state index contributed by atoms with van der Waals surface area (Å²) in [7, 11) is 3.38. The predicted octanol–water partition coefficient (Wildman–Crippen LogP) is 3.44. The number of thioether (sulfide) groups is 1. The molecule has 1 atom stereocenters. The largest absolute Gasteiger partial charge is 0.497 e. The lowest BCUT2D eigenvalue weighted by molar-refractivity contribution is -0.113. The third-order valence-corrected chi connectivity index (χ3v) is 5.77. The molecular formula is C23H27N5O4S. The van der Waals surface area contributed by atoms with Crippen LogP contribution in [0.4, 0.5) is 5.69 Å². The number of nitrogens with one attached hydrogen (secondary N) is 2. The maximum absolute atomic E-state index is 12.5. The third kappa shape index (κ3) is 6.26. The van der Waals surface area contributed by atoms with E-state index in [0.717, 1.165) is 0 Å². The number of aromatic nitrogens is 3. The number of methoxy groups -OCH3 is 1. The molecule has 2 amide bonds. The van der Waals surface area contributed by atoms with Crippen molar-refractivity contribution in [2.45, 2.75) is 25.0 Å². The quantitative estimate of drug-likeness (QED) is 0.438. The molecule has 1 aromatic heterocycles. The SMILES string of the molecule is CCOc1ccccc1NC(=O)CSc1nnc([C@H](C)NC(=O)c2ccc(OC)cc2)n1C. The van der Waals surface area contributed by atoms with E-state index in [1.807, 2.05) is 32.0 Å². The Balaban J connectivity index is 1.57. The van der Waals surface area contributed by atoms with Gasteiger partial charge in [-0.15, -0.1) is 10.2 Å². The van der Waals surface area contributed by atoms with Crippen LogP contribution in [0.3, 0.4) is 0 Å². The van der Waals surface area contributed by atoms with Gasteiger partial charge in [0.15, 0.2) is 11.0 Å². The zero-order valence-corrected chi connectivity index (χ0v) is 19.8. The first kappa shape index (κ1) is 24.1. The van der Waals surface area contributed by atoms with Gasteiger partial charge in [-0.1, -0.05) is 23.9 Å². The fourth-order valence-corrected chi connectivity index (χ4v) is 3.80. The average molecular weight is 470 g/mol. The Morgan fingerprint density at radius 2 is 1.85 bits per heavy atom. The van der Waals surface area contributed by atoms with Gasteiger partial charge in [-0.05, 0) is 50.2 Å². The Morgan fingerprint density at radius 1 is 1.12 bits per heavy atom. The van der Waals surface area contributed by atoms with Gasteiger partial charge in [-0.3, -0.25) is 9.59 Å². The average Bonchev–Trinajstić information content (AvgIpc) is 3.19. The highest BCUT2D eigenvalue weighted by Crippen LogP contribution is 2.25. The van der Waals surface area contributed by atoms with E-state index in [2.05, 4.69) is 20.8 Å². The van der Waals surface area contributed by atoms with Crippen LogP contribution in [0.25, 0.3) is 0 Å². The summed E-state index contributed by atoms with van der Waals surface area (Å²) in [5.41, 5.74) is 1.14. The van der Waals surface area contributed by atoms with Crippen molar-refractivity contribution in [3.8, 4) is 11.5 Å². The molecule has 2 N–H and O–H groups in total. The number of para-hydroxylation sites is 2. The number of carbonyl (C=O) groups is 2. The Hall–Kier alpha value is -3.53. The normalized spacial score (nSPS) is 11.5. The van der Waals surface area contributed by atoms with Crippen molar-refractivity contribution in [2.24, 2.45) is 7.05 Å². The van der Waals surface area contributed by atoms with Gasteiger partial charge in [-0.25, -0.2) is 0 Å². The summed E-state index contributed by atoms with van der Waals surface area (Å²) < 4.78 is 12.4. The van der Waals surface area contributed by atoms with E-state index < -0.39 is 0 Å². The van der Waals surface area contributed by atoms with Crippen molar-refractivity contribution in [1.29, 1.82) is 0 Å². The molecule has 10 heteroatoms. The Kier molecular flexibility index (Phi) is 8.31. The zero-order chi connectivity index (χ0) is 23.8. The van der Waals surface area contributed by atoms with Crippen molar-refractivity contribution in [3.05, 3.63) is 59.9 Å². The molecule has 0 aliphatic heterocycles. The van der Waals surface area contributed by atoms with E-state index in [1.54, 1.807) is 49.1 Å². The molecule has 1 heterocycles. The van der Waals surface area contributed by atoms with Gasteiger partial charge in [0.1, 0.15) is 11.5 Å². The molecule has 2 aromatic carbocycles. The maximum Gasteiger partial charge on any atom is 0.251 e. The lowest BCUT2D eigenvalue weighted by atomic mass is 10.2. The monoisotopic (exact) mass is 469 g/mol. The second-order valence-corrected chi connectivity index (χ2v) is 8.03. The smallest absolute Gasteiger partial charge is 0.251 e. The standard InChI is InChI=1S/C23H27N5O4S/c1-5-32-19-9-7-6-8-18(19)25-20(29)14-33-23-27-26-21(28(23)3)15(2)24-22(30)16-10-12-17(31-4)13-11-16/h6-13,15H,5,14H2,1-4H3,(H,24,30)(H,25,29)/t15-/m0/s1. The van der Waals surface area contributed by atoms with Crippen LogP contribution in [-0.2, 0) is 11.8 Å². The third-order valence-electron chi connectivity index (χ3n) is 4.75. The molecule has 33 heavy (non-hydrogen) atoms. The van der Waals surface area contributed by atoms with Crippen LogP contribution in [0.15, 0.2) is 53.7 Å². The molecule has 174 valence electrons. The molecule has 0 saturated carbocycles. The highest BCUT2D eigenvalue weighted by Gasteiger charge is 2.19. The van der Waals surface area contributed by atoms with Crippen molar-refractivity contribution in [1.82, 2.24) is 20.1 Å². The number of hydrogen-bond acceptors (Lipinski definition) is 7. The van der Waals surface area contributed by atoms with E-state index in [1.165, 1.54) is 11.8 Å². The number of hydrogen-bond donors (Lipinski definition) is 2. The number of rotatable bonds is 10. The molecule has 0 aliphatic rings. The van der Waals surface area contributed by atoms with E-state index in [4.69, 9.17) is 9.47 Å². The van der Waals surface area contributed by atoms with Crippen molar-refractivity contribution >= 4 is 29.3 Å². The Bertz CT molecular complexity index is 1100. The first-order chi connectivity index (χ1) is 15.9. The molecular weight excluding hydrogens is 442 g/mol. The lowest BCUT2D eigenvalue weighted by Gasteiger charge is -2.14. The number of anilines is 1. The molecule has 9 nitrogen and oxygen atoms in total. The van der Waals surface area contributed by atoms with Gasteiger partial charge in [0.2, 0.25) is 5.91 Å². The van der Waals surface area contributed by atoms with Crippen molar-refractivity contribution in [2.75, 3.05) is 24.8 Å². The van der Waals surface area contributed by atoms with Crippen LogP contribution in [0, 0.1) is 0 Å². The van der Waals surface area contributed by atoms with Crippen molar-refractivity contribution < 1.29 is 19.1 Å². The minimum absolute atomic E-state index is 0.152. The zero-order valence-electron chi connectivity index (χ0n) is 19.0. The molecule has 0 spiro atoms. The summed E-state index contributed by atoms with van der Waals surface area (Å²) in [5, 5.41) is 14.7. The fraction of sp³-hybridized carbons (Fsp3) is 0.304. The molecule has 0 unspecified atom stereocenters. The number of benzene rings is 2. The van der Waals surface area contributed by atoms with Crippen LogP contribution in [-0.4, -0.2) is 46.0 Å². The van der Waals surface area contributed by atoms with Crippen LogP contribution in [0.5, 0.6) is 11.5 Å². The predicted molar refractivity (Wildman–Crippen MR) is 127 cm³/mol. The minimum atomic E-state index is -0.377. The van der Waals surface area contributed by atoms with E-state index in [9.17, 15) is 9.59 Å². The summed E-state index contributed by atoms with van der Waals surface area (Å²) >= 11 is 1.26. The summed E-state index contributed by atoms with van der Waals surface area (Å²) in [6, 6.07) is 13.8. The van der Waals surface area contributed by atoms with Crippen LogP contribution in [0.1, 0.15) is 36.1 Å². The van der Waals surface area contributed by atoms with E-state index in [-0.39, 0.29) is 23.6 Å². The number of nitrogens with zero attached hydrogens (tertiary/aromatic N) is 3. The highest BCUT2D eigenvalue weighted by molar-refractivity contribution is 7.99. The topological polar surface area (TPSA) is 107 Å². The van der Waals surface area contributed by atoms with Gasteiger partial charge in [0.25, 0.3) is 5.91 Å². The molecule has 0 bridgehead atoms. The molecule has 0 saturated heterocycles. The van der Waals surface area contributed by atoms with Crippen molar-refractivity contribution in [3.63, 3.8) is 0 Å². The molecule has 0 fully saturated rings. The summed E-state index contributed by atoms with van der Waals surface area (Å²) in [6.45, 7) is 4.23. The van der Waals surface area contributed by atoms with Gasteiger partial charge in [-0.2, -0.15) is 0 Å². The number of amides is 2. The first-order valence-corrected chi connectivity index (χ1v) is 11.4. The van der Waals surface area contributed by atoms with Crippen LogP contribution in [0.2, 0.25) is 0 Å². The second-order valence-electron chi connectivity index (χ2n) is 7.09.